The molecule has 3 aromatic carbocycles. The molecule has 2 heterocycles. The Morgan fingerprint density at radius 3 is 2.28 bits per heavy atom. The molecular formula is C31H28ClNO10. The number of carbonyl (C=O) groups excluding carboxylic acids is 3. The molecule has 1 N–H and O–H groups in total. The number of amides is 1. The molecular weight excluding hydrogens is 582 g/mol. The molecule has 4 unspecified atom stereocenters. The molecule has 3 aliphatic rings. The third kappa shape index (κ3) is 5.03. The highest BCUT2D eigenvalue weighted by Crippen LogP contribution is 2.56. The number of cyclic esters (lactones) is 1. The smallest absolute Gasteiger partial charge is 0.338 e. The maximum atomic E-state index is 13.5. The van der Waals surface area contributed by atoms with E-state index in [2.05, 4.69) is 5.32 Å². The van der Waals surface area contributed by atoms with E-state index in [1.165, 1.54) is 27.4 Å². The lowest BCUT2D eigenvalue weighted by Crippen LogP contribution is -2.36. The van der Waals surface area contributed by atoms with Crippen LogP contribution >= 0.6 is 11.6 Å². The zero-order valence-electron chi connectivity index (χ0n) is 23.5. The molecule has 11 nitrogen and oxygen atoms in total. The van der Waals surface area contributed by atoms with Crippen LogP contribution in [-0.4, -0.2) is 58.5 Å². The van der Waals surface area contributed by atoms with Crippen molar-refractivity contribution < 1.29 is 47.5 Å². The van der Waals surface area contributed by atoms with Crippen molar-refractivity contribution in [2.24, 2.45) is 11.8 Å². The van der Waals surface area contributed by atoms with Gasteiger partial charge in [0.15, 0.2) is 23.0 Å². The highest BCUT2D eigenvalue weighted by Gasteiger charge is 2.54. The topological polar surface area (TPSA) is 128 Å². The van der Waals surface area contributed by atoms with E-state index in [0.717, 1.165) is 5.56 Å². The highest BCUT2D eigenvalue weighted by molar-refractivity contribution is 6.29. The molecule has 3 aromatic rings. The SMILES string of the molecule is COc1cc(C2c3cc4c(cc3C(OC(=O)c3cccc(NC(=O)CCl)c3)C3COC(=O)C23)OCO4)cc(OC)c1OC. The number of methoxy groups -OCH3 is 3. The van der Waals surface area contributed by atoms with E-state index >= 15 is 0 Å². The van der Waals surface area contributed by atoms with E-state index in [1.807, 2.05) is 6.07 Å². The summed E-state index contributed by atoms with van der Waals surface area (Å²) in [6.45, 7) is 0.0787. The van der Waals surface area contributed by atoms with Gasteiger partial charge in [-0.2, -0.15) is 0 Å². The van der Waals surface area contributed by atoms with Gasteiger partial charge >= 0.3 is 11.9 Å². The lowest BCUT2D eigenvalue weighted by atomic mass is 9.66. The van der Waals surface area contributed by atoms with Gasteiger partial charge in [0.25, 0.3) is 0 Å². The molecule has 224 valence electrons. The molecule has 12 heteroatoms. The average molecular weight is 610 g/mol. The third-order valence-corrected chi connectivity index (χ3v) is 8.15. The Balaban J connectivity index is 1.45. The number of carbonyl (C=O) groups is 3. The fraction of sp³-hybridized carbons (Fsp3) is 0.323. The van der Waals surface area contributed by atoms with Crippen molar-refractivity contribution in [2.45, 2.75) is 12.0 Å². The minimum Gasteiger partial charge on any atom is -0.493 e. The van der Waals surface area contributed by atoms with Gasteiger partial charge in [0, 0.05) is 23.1 Å². The van der Waals surface area contributed by atoms with Crippen molar-refractivity contribution >= 4 is 35.1 Å². The normalized spacial score (nSPS) is 21.3. The van der Waals surface area contributed by atoms with Crippen molar-refractivity contribution in [3.05, 3.63) is 70.8 Å². The fourth-order valence-corrected chi connectivity index (χ4v) is 6.11. The summed E-state index contributed by atoms with van der Waals surface area (Å²) in [4.78, 5) is 38.7. The summed E-state index contributed by atoms with van der Waals surface area (Å²) in [6.07, 6.45) is -0.854. The minimum absolute atomic E-state index is 0.0350. The van der Waals surface area contributed by atoms with Crippen molar-refractivity contribution in [2.75, 3.05) is 45.9 Å². The Kier molecular flexibility index (Phi) is 7.66. The van der Waals surface area contributed by atoms with Crippen LogP contribution in [0.1, 0.15) is 39.1 Å². The number of ether oxygens (including phenoxy) is 7. The number of esters is 2. The number of halogens is 1. The molecule has 6 rings (SSSR count). The molecule has 4 atom stereocenters. The molecule has 1 aliphatic carbocycles. The van der Waals surface area contributed by atoms with Gasteiger partial charge in [0.1, 0.15) is 12.0 Å². The average Bonchev–Trinajstić information content (AvgIpc) is 3.65. The number of rotatable bonds is 8. The van der Waals surface area contributed by atoms with Gasteiger partial charge in [-0.25, -0.2) is 4.79 Å². The van der Waals surface area contributed by atoms with Crippen LogP contribution in [0.3, 0.4) is 0 Å². The van der Waals surface area contributed by atoms with Crippen LogP contribution in [0.15, 0.2) is 48.5 Å². The zero-order valence-corrected chi connectivity index (χ0v) is 24.3. The molecule has 1 fully saturated rings. The van der Waals surface area contributed by atoms with E-state index in [9.17, 15) is 14.4 Å². The molecule has 1 amide bonds. The van der Waals surface area contributed by atoms with Crippen LogP contribution in [0.2, 0.25) is 0 Å². The van der Waals surface area contributed by atoms with E-state index in [4.69, 9.17) is 44.8 Å². The molecule has 0 radical (unpaired) electrons. The van der Waals surface area contributed by atoms with Gasteiger partial charge in [0.05, 0.1) is 39.4 Å². The van der Waals surface area contributed by atoms with E-state index in [-0.39, 0.29) is 24.8 Å². The summed E-state index contributed by atoms with van der Waals surface area (Å²) in [6, 6.07) is 13.6. The van der Waals surface area contributed by atoms with E-state index < -0.39 is 41.7 Å². The van der Waals surface area contributed by atoms with Gasteiger partial charge in [-0.1, -0.05) is 6.07 Å². The summed E-state index contributed by atoms with van der Waals surface area (Å²) in [5.41, 5.74) is 2.69. The van der Waals surface area contributed by atoms with Gasteiger partial charge in [-0.15, -0.1) is 11.6 Å². The Morgan fingerprint density at radius 1 is 0.930 bits per heavy atom. The number of fused-ring (bicyclic) bond motifs is 3. The minimum atomic E-state index is -0.854. The maximum Gasteiger partial charge on any atom is 0.338 e. The predicted octanol–water partition coefficient (Wildman–Crippen LogP) is 4.45. The quantitative estimate of drug-likeness (QED) is 0.289. The number of anilines is 1. The summed E-state index contributed by atoms with van der Waals surface area (Å²) in [5.74, 6) is -1.17. The van der Waals surface area contributed by atoms with Crippen LogP contribution in [0.4, 0.5) is 5.69 Å². The van der Waals surface area contributed by atoms with Gasteiger partial charge < -0.3 is 38.5 Å². The van der Waals surface area contributed by atoms with Crippen LogP contribution in [0.25, 0.3) is 0 Å². The van der Waals surface area contributed by atoms with Crippen molar-refractivity contribution in [3.8, 4) is 28.7 Å². The van der Waals surface area contributed by atoms with E-state index in [0.29, 0.717) is 45.6 Å². The second kappa shape index (κ2) is 11.6. The predicted molar refractivity (Wildman–Crippen MR) is 152 cm³/mol. The first-order valence-corrected chi connectivity index (χ1v) is 14.0. The molecule has 2 aliphatic heterocycles. The Bertz CT molecular complexity index is 1580. The second-order valence-corrected chi connectivity index (χ2v) is 10.4. The first kappa shape index (κ1) is 28.5. The summed E-state index contributed by atoms with van der Waals surface area (Å²) >= 11 is 5.61. The van der Waals surface area contributed by atoms with Gasteiger partial charge in [-0.05, 0) is 53.6 Å². The fourth-order valence-electron chi connectivity index (χ4n) is 6.05. The van der Waals surface area contributed by atoms with Crippen molar-refractivity contribution in [1.29, 1.82) is 0 Å². The second-order valence-electron chi connectivity index (χ2n) is 10.2. The number of hydrogen-bond acceptors (Lipinski definition) is 10. The van der Waals surface area contributed by atoms with Crippen LogP contribution in [0.5, 0.6) is 28.7 Å². The number of nitrogens with one attached hydrogen (secondary N) is 1. The monoisotopic (exact) mass is 609 g/mol. The van der Waals surface area contributed by atoms with Crippen molar-refractivity contribution in [1.82, 2.24) is 0 Å². The number of alkyl halides is 1. The summed E-state index contributed by atoms with van der Waals surface area (Å²) in [7, 11) is 4.56. The largest absolute Gasteiger partial charge is 0.493 e. The molecule has 1 saturated heterocycles. The molecule has 43 heavy (non-hydrogen) atoms. The summed E-state index contributed by atoms with van der Waals surface area (Å²) < 4.78 is 39.8. The van der Waals surface area contributed by atoms with Gasteiger partial charge in [-0.3, -0.25) is 9.59 Å². The number of hydrogen-bond donors (Lipinski definition) is 1. The van der Waals surface area contributed by atoms with Crippen LogP contribution in [-0.2, 0) is 19.1 Å². The third-order valence-electron chi connectivity index (χ3n) is 7.90. The molecule has 0 saturated carbocycles. The zero-order chi connectivity index (χ0) is 30.2. The maximum absolute atomic E-state index is 13.5. The van der Waals surface area contributed by atoms with Crippen molar-refractivity contribution in [3.63, 3.8) is 0 Å². The van der Waals surface area contributed by atoms with Gasteiger partial charge in [0.2, 0.25) is 18.4 Å². The van der Waals surface area contributed by atoms with Crippen LogP contribution < -0.4 is 29.0 Å². The highest BCUT2D eigenvalue weighted by atomic mass is 35.5. The van der Waals surface area contributed by atoms with E-state index in [1.54, 1.807) is 36.4 Å². The van der Waals surface area contributed by atoms with Crippen LogP contribution in [0, 0.1) is 11.8 Å². The lowest BCUT2D eigenvalue weighted by molar-refractivity contribution is -0.141. The number of benzene rings is 3. The first-order chi connectivity index (χ1) is 20.9. The Morgan fingerprint density at radius 2 is 1.63 bits per heavy atom. The Hall–Kier alpha value is -4.64. The molecule has 0 spiro atoms. The first-order valence-electron chi connectivity index (χ1n) is 13.4. The molecule has 0 aromatic heterocycles. The standard InChI is InChI=1S/C31H28ClNO10/c1-37-23-8-16(9-24(38-2)29(23)39-3)26-18-10-21-22(42-14-41-21)11-19(18)28(20-13-40-31(36)27(20)26)43-30(35)15-5-4-6-17(7-15)33-25(34)12-32/h4-11,20,26-28H,12-14H2,1-3H3,(H,33,34). The Labute approximate surface area is 251 Å². The molecule has 0 bridgehead atoms. The summed E-state index contributed by atoms with van der Waals surface area (Å²) in [5, 5.41) is 2.62. The lowest BCUT2D eigenvalue weighted by Gasteiger charge is -2.38.